The van der Waals surface area contributed by atoms with E-state index in [1.807, 2.05) is 30.3 Å². The lowest BCUT2D eigenvalue weighted by molar-refractivity contribution is -0.137. The molecule has 2 heterocycles. The number of benzene rings is 3. The van der Waals surface area contributed by atoms with Crippen molar-refractivity contribution in [3.05, 3.63) is 101 Å². The van der Waals surface area contributed by atoms with Gasteiger partial charge >= 0.3 is 0 Å². The molecule has 1 N–H and O–H groups in total. The number of piperidine rings is 1. The van der Waals surface area contributed by atoms with Gasteiger partial charge in [0.25, 0.3) is 0 Å². The second-order valence-electron chi connectivity index (χ2n) is 11.3. The molecule has 2 aliphatic heterocycles. The lowest BCUT2D eigenvalue weighted by atomic mass is 9.88. The van der Waals surface area contributed by atoms with E-state index in [1.54, 1.807) is 7.11 Å². The van der Waals surface area contributed by atoms with Crippen LogP contribution in [-0.4, -0.2) is 79.6 Å². The largest absolute Gasteiger partial charge is 0.496 e. The maximum Gasteiger partial charge on any atom is 0.240 e. The Morgan fingerprint density at radius 2 is 1.57 bits per heavy atom. The average Bonchev–Trinajstić information content (AvgIpc) is 3.02. The zero-order valence-corrected chi connectivity index (χ0v) is 26.2. The van der Waals surface area contributed by atoms with E-state index in [0.29, 0.717) is 12.5 Å². The fraction of sp³-hybridized carbons (Fsp3) is 0.441. The number of nitrogens with zero attached hydrogens (tertiary/aromatic N) is 3. The van der Waals surface area contributed by atoms with E-state index in [9.17, 15) is 4.79 Å². The van der Waals surface area contributed by atoms with Crippen molar-refractivity contribution in [1.82, 2.24) is 20.0 Å². The Labute approximate surface area is 262 Å². The van der Waals surface area contributed by atoms with Crippen molar-refractivity contribution >= 4 is 29.9 Å². The first-order chi connectivity index (χ1) is 20.1. The number of piperazine rings is 1. The van der Waals surface area contributed by atoms with Crippen molar-refractivity contribution in [2.24, 2.45) is 5.92 Å². The molecular formula is C34H44Cl2N4O2. The summed E-state index contributed by atoms with van der Waals surface area (Å²) in [5.74, 6) is 1.52. The van der Waals surface area contributed by atoms with Gasteiger partial charge in [0.2, 0.25) is 5.91 Å². The average molecular weight is 612 g/mol. The van der Waals surface area contributed by atoms with E-state index >= 15 is 0 Å². The highest BCUT2D eigenvalue weighted by molar-refractivity contribution is 6.30. The molecule has 1 atom stereocenters. The number of halogens is 2. The summed E-state index contributed by atoms with van der Waals surface area (Å²) in [7, 11) is 1.72. The molecule has 1 amide bonds. The van der Waals surface area contributed by atoms with E-state index in [4.69, 9.17) is 16.3 Å². The molecule has 0 aromatic heterocycles. The number of ether oxygens (including phenoxy) is 1. The van der Waals surface area contributed by atoms with Gasteiger partial charge in [0, 0.05) is 56.4 Å². The van der Waals surface area contributed by atoms with Crippen molar-refractivity contribution in [3.63, 3.8) is 0 Å². The van der Waals surface area contributed by atoms with Crippen LogP contribution in [0.2, 0.25) is 5.02 Å². The monoisotopic (exact) mass is 610 g/mol. The van der Waals surface area contributed by atoms with E-state index < -0.39 is 0 Å². The van der Waals surface area contributed by atoms with Crippen LogP contribution in [0.4, 0.5) is 0 Å². The molecule has 3 aromatic rings. The van der Waals surface area contributed by atoms with Gasteiger partial charge < -0.3 is 19.9 Å². The number of hydrogen-bond donors (Lipinski definition) is 1. The lowest BCUT2D eigenvalue weighted by Crippen LogP contribution is -2.57. The fourth-order valence-corrected chi connectivity index (χ4v) is 6.38. The predicted molar refractivity (Wildman–Crippen MR) is 173 cm³/mol. The molecule has 2 saturated heterocycles. The first-order valence-electron chi connectivity index (χ1n) is 15.0. The maximum absolute atomic E-state index is 14.0. The van der Waals surface area contributed by atoms with Crippen molar-refractivity contribution in [2.75, 3.05) is 52.9 Å². The number of carbonyl (C=O) groups is 1. The standard InChI is InChI=1S/C34H43ClN4O2.ClH/c1-41-32-13-6-5-11-30(32)26-38-20-22-39(23-21-38)34(40)33(36-25-28-8-3-2-4-9-28)29-15-18-37(19-16-29)17-14-27-10-7-12-31(35)24-27;/h2-13,24,29,33,36H,14-23,25-26H2,1H3;1H. The molecule has 2 aliphatic rings. The summed E-state index contributed by atoms with van der Waals surface area (Å²) < 4.78 is 5.55. The summed E-state index contributed by atoms with van der Waals surface area (Å²) in [5, 5.41) is 4.49. The first kappa shape index (κ1) is 32.3. The van der Waals surface area contributed by atoms with E-state index in [2.05, 4.69) is 68.5 Å². The summed E-state index contributed by atoms with van der Waals surface area (Å²) in [4.78, 5) is 21.1. The first-order valence-corrected chi connectivity index (χ1v) is 15.3. The fourth-order valence-electron chi connectivity index (χ4n) is 6.17. The Morgan fingerprint density at radius 3 is 2.29 bits per heavy atom. The van der Waals surface area contributed by atoms with Crippen LogP contribution in [0.25, 0.3) is 0 Å². The molecule has 6 nitrogen and oxygen atoms in total. The SMILES string of the molecule is COc1ccccc1CN1CCN(C(=O)C(NCc2ccccc2)C2CCN(CCc3cccc(Cl)c3)CC2)CC1.Cl. The van der Waals surface area contributed by atoms with Crippen LogP contribution in [0.5, 0.6) is 5.75 Å². The molecular weight excluding hydrogens is 567 g/mol. The van der Waals surface area contributed by atoms with Gasteiger partial charge in [-0.1, -0.05) is 72.3 Å². The zero-order valence-electron chi connectivity index (χ0n) is 24.6. The minimum Gasteiger partial charge on any atom is -0.496 e. The van der Waals surface area contributed by atoms with Crippen LogP contribution in [0.1, 0.15) is 29.5 Å². The second-order valence-corrected chi connectivity index (χ2v) is 11.8. The van der Waals surface area contributed by atoms with Gasteiger partial charge in [0.1, 0.15) is 5.75 Å². The highest BCUT2D eigenvalue weighted by Gasteiger charge is 2.35. The molecule has 2 fully saturated rings. The Bertz CT molecular complexity index is 1250. The van der Waals surface area contributed by atoms with Gasteiger partial charge in [-0.15, -0.1) is 12.4 Å². The third-order valence-corrected chi connectivity index (χ3v) is 8.85. The van der Waals surface area contributed by atoms with E-state index in [-0.39, 0.29) is 24.4 Å². The van der Waals surface area contributed by atoms with Crippen LogP contribution in [-0.2, 0) is 24.3 Å². The third-order valence-electron chi connectivity index (χ3n) is 8.61. The third kappa shape index (κ3) is 8.95. The second kappa shape index (κ2) is 16.3. The number of para-hydroxylation sites is 1. The number of methoxy groups -OCH3 is 1. The van der Waals surface area contributed by atoms with Crippen molar-refractivity contribution in [2.45, 2.75) is 38.4 Å². The molecule has 0 saturated carbocycles. The zero-order chi connectivity index (χ0) is 28.4. The van der Waals surface area contributed by atoms with Crippen LogP contribution in [0, 0.1) is 5.92 Å². The Kier molecular flexibility index (Phi) is 12.5. The molecule has 0 aliphatic carbocycles. The Morgan fingerprint density at radius 1 is 0.881 bits per heavy atom. The molecule has 0 bridgehead atoms. The number of hydrogen-bond acceptors (Lipinski definition) is 5. The Balaban J connectivity index is 0.00000405. The molecule has 8 heteroatoms. The molecule has 5 rings (SSSR count). The number of carbonyl (C=O) groups excluding carboxylic acids is 1. The molecule has 0 spiro atoms. The summed E-state index contributed by atoms with van der Waals surface area (Å²) in [6, 6.07) is 26.6. The smallest absolute Gasteiger partial charge is 0.240 e. The molecule has 42 heavy (non-hydrogen) atoms. The predicted octanol–water partition coefficient (Wildman–Crippen LogP) is 5.53. The Hall–Kier alpha value is -2.61. The summed E-state index contributed by atoms with van der Waals surface area (Å²) in [5.41, 5.74) is 3.69. The number of likely N-dealkylation sites (tertiary alicyclic amines) is 1. The number of rotatable bonds is 11. The van der Waals surface area contributed by atoms with Crippen LogP contribution in [0.3, 0.4) is 0 Å². The number of amides is 1. The van der Waals surface area contributed by atoms with Crippen LogP contribution >= 0.6 is 24.0 Å². The maximum atomic E-state index is 14.0. The van der Waals surface area contributed by atoms with Gasteiger partial charge in [-0.25, -0.2) is 0 Å². The van der Waals surface area contributed by atoms with Crippen LogP contribution < -0.4 is 10.1 Å². The van der Waals surface area contributed by atoms with Crippen LogP contribution in [0.15, 0.2) is 78.9 Å². The summed E-state index contributed by atoms with van der Waals surface area (Å²) in [6.45, 7) is 7.89. The highest BCUT2D eigenvalue weighted by Crippen LogP contribution is 2.25. The molecule has 1 unspecified atom stereocenters. The van der Waals surface area contributed by atoms with Gasteiger partial charge in [0.15, 0.2) is 0 Å². The van der Waals surface area contributed by atoms with Gasteiger partial charge in [-0.05, 0) is 67.6 Å². The normalized spacial score (nSPS) is 17.4. The van der Waals surface area contributed by atoms with Gasteiger partial charge in [-0.3, -0.25) is 9.69 Å². The minimum atomic E-state index is -0.161. The topological polar surface area (TPSA) is 48.1 Å². The highest BCUT2D eigenvalue weighted by atomic mass is 35.5. The number of nitrogens with one attached hydrogen (secondary N) is 1. The van der Waals surface area contributed by atoms with Gasteiger partial charge in [0.05, 0.1) is 13.2 Å². The van der Waals surface area contributed by atoms with Crippen molar-refractivity contribution in [1.29, 1.82) is 0 Å². The summed E-state index contributed by atoms with van der Waals surface area (Å²) >= 11 is 6.18. The molecule has 0 radical (unpaired) electrons. The van der Waals surface area contributed by atoms with Crippen molar-refractivity contribution < 1.29 is 9.53 Å². The molecule has 226 valence electrons. The van der Waals surface area contributed by atoms with E-state index in [0.717, 1.165) is 82.4 Å². The van der Waals surface area contributed by atoms with E-state index in [1.165, 1.54) is 16.7 Å². The molecule has 3 aromatic carbocycles. The minimum absolute atomic E-state index is 0. The van der Waals surface area contributed by atoms with Crippen molar-refractivity contribution in [3.8, 4) is 5.75 Å². The van der Waals surface area contributed by atoms with Gasteiger partial charge in [-0.2, -0.15) is 0 Å². The quantitative estimate of drug-likeness (QED) is 0.309. The lowest BCUT2D eigenvalue weighted by Gasteiger charge is -2.40. The summed E-state index contributed by atoms with van der Waals surface area (Å²) in [6.07, 6.45) is 3.06.